The molecule has 1 aromatic heterocycles. The Morgan fingerprint density at radius 3 is 2.62 bits per heavy atom. The number of anilines is 1. The zero-order chi connectivity index (χ0) is 26.7. The van der Waals surface area contributed by atoms with Gasteiger partial charge in [0.05, 0.1) is 6.04 Å². The van der Waals surface area contributed by atoms with Crippen molar-refractivity contribution in [3.8, 4) is 0 Å². The molecule has 2 aromatic rings. The Morgan fingerprint density at radius 2 is 1.89 bits per heavy atom. The van der Waals surface area contributed by atoms with E-state index < -0.39 is 42.1 Å². The number of unbranched alkanes of at least 4 members (excludes halogenated alkanes) is 1. The molecule has 0 aliphatic carbocycles. The molecule has 5 atom stereocenters. The number of hydrogen-bond acceptors (Lipinski definition) is 10. The third-order valence-electron chi connectivity index (χ3n) is 6.86. The molecule has 0 spiro atoms. The van der Waals surface area contributed by atoms with E-state index in [4.69, 9.17) is 4.42 Å². The summed E-state index contributed by atoms with van der Waals surface area (Å²) in [5, 5.41) is 44.2. The molecule has 202 valence electrons. The third kappa shape index (κ3) is 5.63. The highest BCUT2D eigenvalue weighted by molar-refractivity contribution is 8.14. The van der Waals surface area contributed by atoms with Crippen molar-refractivity contribution in [1.82, 2.24) is 10.2 Å². The summed E-state index contributed by atoms with van der Waals surface area (Å²) in [5.74, 6) is -0.0518. The molecule has 5 N–H and O–H groups in total. The number of nitrogens with zero attached hydrogens (tertiary/aromatic N) is 3. The van der Waals surface area contributed by atoms with Crippen LogP contribution in [0.5, 0.6) is 0 Å². The Morgan fingerprint density at radius 1 is 1.14 bits per heavy atom. The van der Waals surface area contributed by atoms with Crippen LogP contribution in [0.2, 0.25) is 0 Å². The quantitative estimate of drug-likeness (QED) is 0.224. The normalized spacial score (nSPS) is 26.5. The van der Waals surface area contributed by atoms with Crippen molar-refractivity contribution in [3.63, 3.8) is 0 Å². The van der Waals surface area contributed by atoms with Gasteiger partial charge in [0.2, 0.25) is 0 Å². The fraction of sp³-hybridized carbons (Fsp3) is 0.560. The number of amidine groups is 1. The molecule has 0 bridgehead atoms. The summed E-state index contributed by atoms with van der Waals surface area (Å²) in [6.45, 7) is 6.51. The van der Waals surface area contributed by atoms with Crippen LogP contribution in [-0.4, -0.2) is 98.9 Å². The molecular weight excluding hydrogens is 500 g/mol. The average molecular weight is 535 g/mol. The van der Waals surface area contributed by atoms with E-state index in [9.17, 15) is 30.0 Å². The van der Waals surface area contributed by atoms with E-state index in [1.807, 2.05) is 18.2 Å². The molecule has 3 heterocycles. The van der Waals surface area contributed by atoms with Gasteiger partial charge in [-0.2, -0.15) is 0 Å². The van der Waals surface area contributed by atoms with Gasteiger partial charge in [-0.3, -0.25) is 9.79 Å². The lowest BCUT2D eigenvalue weighted by atomic mass is 9.94. The van der Waals surface area contributed by atoms with Crippen molar-refractivity contribution in [2.24, 2.45) is 4.99 Å². The molecule has 1 amide bonds. The van der Waals surface area contributed by atoms with Crippen LogP contribution in [0.1, 0.15) is 37.0 Å². The highest BCUT2D eigenvalue weighted by atomic mass is 32.2. The zero-order valence-electron chi connectivity index (χ0n) is 20.9. The number of rotatable bonds is 9. The number of aliphatic hydroxyl groups is 4. The van der Waals surface area contributed by atoms with Gasteiger partial charge in [-0.15, -0.1) is 0 Å². The SMILES string of the molecule is CCN(CC)c1ccc2cc(C(=O)NCCCCN=C3SCC4[C@@H](O)[C@H](O)[C@@H](O)[C@@H](O)N34)c(=O)oc2c1. The summed E-state index contributed by atoms with van der Waals surface area (Å²) in [5.41, 5.74) is 0.656. The summed E-state index contributed by atoms with van der Waals surface area (Å²) >= 11 is 1.35. The van der Waals surface area contributed by atoms with Crippen LogP contribution in [0.15, 0.2) is 38.5 Å². The second kappa shape index (κ2) is 11.8. The molecule has 37 heavy (non-hydrogen) atoms. The molecule has 1 aromatic carbocycles. The first kappa shape index (κ1) is 27.4. The average Bonchev–Trinajstić information content (AvgIpc) is 3.32. The van der Waals surface area contributed by atoms with Gasteiger partial charge in [-0.1, -0.05) is 11.8 Å². The van der Waals surface area contributed by atoms with E-state index in [2.05, 4.69) is 29.1 Å². The van der Waals surface area contributed by atoms with Crippen LogP contribution in [-0.2, 0) is 0 Å². The lowest BCUT2D eigenvalue weighted by Crippen LogP contribution is -2.65. The molecule has 0 saturated carbocycles. The number of thioether (sulfide) groups is 1. The van der Waals surface area contributed by atoms with Gasteiger partial charge in [0, 0.05) is 49.1 Å². The van der Waals surface area contributed by atoms with Crippen LogP contribution in [0.4, 0.5) is 5.69 Å². The Balaban J connectivity index is 1.29. The minimum Gasteiger partial charge on any atom is -0.422 e. The van der Waals surface area contributed by atoms with E-state index >= 15 is 0 Å². The fourth-order valence-electron chi connectivity index (χ4n) is 4.68. The van der Waals surface area contributed by atoms with E-state index in [0.29, 0.717) is 47.8 Å². The summed E-state index contributed by atoms with van der Waals surface area (Å²) in [6.07, 6.45) is -4.17. The maximum atomic E-state index is 12.6. The summed E-state index contributed by atoms with van der Waals surface area (Å²) in [4.78, 5) is 33.1. The zero-order valence-corrected chi connectivity index (χ0v) is 21.7. The number of fused-ring (bicyclic) bond motifs is 2. The molecule has 2 aliphatic heterocycles. The highest BCUT2D eigenvalue weighted by Gasteiger charge is 2.51. The Bertz CT molecular complexity index is 1200. The van der Waals surface area contributed by atoms with Gasteiger partial charge in [-0.05, 0) is 44.9 Å². The minimum atomic E-state index is -1.48. The van der Waals surface area contributed by atoms with Crippen LogP contribution < -0.4 is 15.8 Å². The summed E-state index contributed by atoms with van der Waals surface area (Å²) in [7, 11) is 0. The largest absolute Gasteiger partial charge is 0.422 e. The predicted octanol–water partition coefficient (Wildman–Crippen LogP) is 0.337. The Hall–Kier alpha value is -2.64. The number of aliphatic hydroxyl groups excluding tert-OH is 4. The minimum absolute atomic E-state index is 0.0462. The van der Waals surface area contributed by atoms with Gasteiger partial charge >= 0.3 is 5.63 Å². The van der Waals surface area contributed by atoms with Gasteiger partial charge in [-0.25, -0.2) is 4.79 Å². The number of aliphatic imine (C=N–C) groups is 1. The number of benzene rings is 1. The number of piperidine rings is 1. The molecule has 12 heteroatoms. The second-order valence-electron chi connectivity index (χ2n) is 9.14. The third-order valence-corrected chi connectivity index (χ3v) is 7.96. The van der Waals surface area contributed by atoms with E-state index in [1.165, 1.54) is 16.7 Å². The van der Waals surface area contributed by atoms with Crippen molar-refractivity contribution in [2.75, 3.05) is 36.8 Å². The highest BCUT2D eigenvalue weighted by Crippen LogP contribution is 2.34. The van der Waals surface area contributed by atoms with Gasteiger partial charge in [0.25, 0.3) is 5.91 Å². The molecule has 11 nitrogen and oxygen atoms in total. The van der Waals surface area contributed by atoms with E-state index in [1.54, 1.807) is 6.07 Å². The maximum absolute atomic E-state index is 12.6. The van der Waals surface area contributed by atoms with Crippen molar-refractivity contribution < 1.29 is 29.6 Å². The second-order valence-corrected chi connectivity index (χ2v) is 10.1. The molecule has 1 unspecified atom stereocenters. The smallest absolute Gasteiger partial charge is 0.349 e. The number of carbonyl (C=O) groups is 1. The van der Waals surface area contributed by atoms with E-state index in [0.717, 1.165) is 18.8 Å². The topological polar surface area (TPSA) is 159 Å². The van der Waals surface area contributed by atoms with E-state index in [-0.39, 0.29) is 5.56 Å². The first-order chi connectivity index (χ1) is 17.8. The Kier molecular flexibility index (Phi) is 8.75. The van der Waals surface area contributed by atoms with Crippen LogP contribution in [0, 0.1) is 0 Å². The fourth-order valence-corrected chi connectivity index (χ4v) is 5.93. The van der Waals surface area contributed by atoms with Crippen LogP contribution in [0.25, 0.3) is 11.0 Å². The molecule has 0 radical (unpaired) electrons. The molecule has 4 rings (SSSR count). The van der Waals surface area contributed by atoms with Gasteiger partial charge in [0.15, 0.2) is 11.4 Å². The van der Waals surface area contributed by atoms with Crippen molar-refractivity contribution in [3.05, 3.63) is 40.2 Å². The molecular formula is C25H34N4O7S. The predicted molar refractivity (Wildman–Crippen MR) is 142 cm³/mol. The maximum Gasteiger partial charge on any atom is 0.349 e. The van der Waals surface area contributed by atoms with Gasteiger partial charge in [0.1, 0.15) is 29.5 Å². The number of nitrogens with one attached hydrogen (secondary N) is 1. The molecule has 2 saturated heterocycles. The Labute approximate surface area is 218 Å². The van der Waals surface area contributed by atoms with Crippen molar-refractivity contribution in [1.29, 1.82) is 0 Å². The lowest BCUT2D eigenvalue weighted by Gasteiger charge is -2.44. The lowest BCUT2D eigenvalue weighted by molar-refractivity contribution is -0.190. The number of carbonyl (C=O) groups excluding carboxylic acids is 1. The van der Waals surface area contributed by atoms with Crippen molar-refractivity contribution in [2.45, 2.75) is 57.3 Å². The molecule has 2 fully saturated rings. The number of amides is 1. The number of hydrogen-bond donors (Lipinski definition) is 5. The first-order valence-electron chi connectivity index (χ1n) is 12.6. The van der Waals surface area contributed by atoms with Gasteiger partial charge < -0.3 is 40.0 Å². The summed E-state index contributed by atoms with van der Waals surface area (Å²) in [6, 6.07) is 6.62. The summed E-state index contributed by atoms with van der Waals surface area (Å²) < 4.78 is 5.43. The first-order valence-corrected chi connectivity index (χ1v) is 13.5. The molecule has 2 aliphatic rings. The van der Waals surface area contributed by atoms with Crippen molar-refractivity contribution >= 4 is 39.5 Å². The van der Waals surface area contributed by atoms with Crippen LogP contribution >= 0.6 is 11.8 Å². The monoisotopic (exact) mass is 534 g/mol. The van der Waals surface area contributed by atoms with Crippen LogP contribution in [0.3, 0.4) is 0 Å². The standard InChI is InChI=1S/C25H34N4O7S/c1-3-28(4-2)15-8-7-14-11-16(24(35)36-18(14)12-15)22(33)26-9-5-6-10-27-25-29-17(13-37-25)19(30)20(31)21(32)23(29)34/h7-8,11-12,17,19-21,23,30-32,34H,3-6,9-10,13H2,1-2H3,(H,26,33)/t17?,19-,20+,21-,23-/m1/s1.